The molecule has 0 aromatic heterocycles. The second-order valence-electron chi connectivity index (χ2n) is 10.2. The highest BCUT2D eigenvalue weighted by molar-refractivity contribution is 6.30. The van der Waals surface area contributed by atoms with Crippen molar-refractivity contribution in [1.29, 1.82) is 0 Å². The van der Waals surface area contributed by atoms with Crippen LogP contribution in [0, 0.1) is 17.3 Å². The monoisotopic (exact) mass is 450 g/mol. The molecular formula is C27H31ClN2O2. The number of aromatic carboxylic acids is 1. The summed E-state index contributed by atoms with van der Waals surface area (Å²) in [7, 11) is 0. The van der Waals surface area contributed by atoms with Crippen LogP contribution in [0.25, 0.3) is 5.57 Å². The van der Waals surface area contributed by atoms with Crippen LogP contribution in [0.3, 0.4) is 0 Å². The third-order valence-corrected chi connectivity index (χ3v) is 8.37. The largest absolute Gasteiger partial charge is 0.478 e. The van der Waals surface area contributed by atoms with E-state index in [4.69, 9.17) is 16.7 Å². The molecule has 32 heavy (non-hydrogen) atoms. The van der Waals surface area contributed by atoms with Crippen LogP contribution in [-0.4, -0.2) is 48.7 Å². The molecule has 2 aromatic carbocycles. The zero-order chi connectivity index (χ0) is 22.5. The molecule has 0 radical (unpaired) electrons. The number of allylic oxidation sites excluding steroid dienone is 1. The Balaban J connectivity index is 1.30. The number of hydrogen-bond donors (Lipinski definition) is 1. The first kappa shape index (κ1) is 21.5. The van der Waals surface area contributed by atoms with E-state index in [1.807, 2.05) is 24.3 Å². The van der Waals surface area contributed by atoms with Crippen molar-refractivity contribution < 1.29 is 9.90 Å². The molecule has 3 aliphatic carbocycles. The highest BCUT2D eigenvalue weighted by atomic mass is 35.5. The highest BCUT2D eigenvalue weighted by Crippen LogP contribution is 2.63. The summed E-state index contributed by atoms with van der Waals surface area (Å²) in [5.74, 6) is 0.568. The molecular weight excluding hydrogens is 420 g/mol. The molecule has 4 nitrogen and oxygen atoms in total. The van der Waals surface area contributed by atoms with E-state index in [2.05, 4.69) is 35.8 Å². The first-order valence-corrected chi connectivity index (χ1v) is 12.0. The van der Waals surface area contributed by atoms with Crippen molar-refractivity contribution in [2.24, 2.45) is 17.3 Å². The van der Waals surface area contributed by atoms with Gasteiger partial charge in [-0.05, 0) is 77.6 Å². The van der Waals surface area contributed by atoms with Gasteiger partial charge < -0.3 is 10.0 Å². The van der Waals surface area contributed by atoms with E-state index >= 15 is 0 Å². The molecule has 1 heterocycles. The standard InChI is InChI=1S/C27H31ClN2O2/c1-27(2)21-15-20(25(24(27)16-21)18-3-7-22(28)8-4-18)17-29-11-13-30(14-12-29)23-9-5-19(6-10-23)26(31)32/h3-10,21,24H,11-17H2,1-2H3,(H,31,32)/t21-,24-/m0/s1. The van der Waals surface area contributed by atoms with E-state index in [1.165, 1.54) is 18.4 Å². The van der Waals surface area contributed by atoms with E-state index in [9.17, 15) is 4.79 Å². The topological polar surface area (TPSA) is 43.8 Å². The number of benzene rings is 2. The van der Waals surface area contributed by atoms with Crippen molar-refractivity contribution in [1.82, 2.24) is 4.90 Å². The summed E-state index contributed by atoms with van der Waals surface area (Å²) in [5.41, 5.74) is 6.37. The number of fused-ring (bicyclic) bond motifs is 1. The SMILES string of the molecule is CC1(C)[C@H]2CC(CN3CCN(c4ccc(C(=O)O)cc4)CC3)=C(c3ccc(Cl)cc3)[C@@H]1C2. The third kappa shape index (κ3) is 3.84. The summed E-state index contributed by atoms with van der Waals surface area (Å²) >= 11 is 6.18. The number of halogens is 1. The van der Waals surface area contributed by atoms with Gasteiger partial charge in [-0.1, -0.05) is 43.2 Å². The molecule has 2 atom stereocenters. The van der Waals surface area contributed by atoms with Gasteiger partial charge in [0.05, 0.1) is 5.56 Å². The Bertz CT molecular complexity index is 1030. The smallest absolute Gasteiger partial charge is 0.335 e. The number of anilines is 1. The maximum Gasteiger partial charge on any atom is 0.335 e. The minimum atomic E-state index is -0.875. The summed E-state index contributed by atoms with van der Waals surface area (Å²) in [6.07, 6.45) is 2.52. The molecule has 6 rings (SSSR count). The number of carboxylic acids is 1. The van der Waals surface area contributed by atoms with Gasteiger partial charge in [0.1, 0.15) is 0 Å². The van der Waals surface area contributed by atoms with Gasteiger partial charge in [0.15, 0.2) is 0 Å². The minimum Gasteiger partial charge on any atom is -0.478 e. The van der Waals surface area contributed by atoms with Crippen molar-refractivity contribution in [3.63, 3.8) is 0 Å². The molecule has 0 amide bonds. The molecule has 4 aliphatic rings. The molecule has 1 saturated carbocycles. The van der Waals surface area contributed by atoms with Crippen LogP contribution in [0.1, 0.15) is 42.6 Å². The molecule has 5 heteroatoms. The van der Waals surface area contributed by atoms with Gasteiger partial charge in [0.2, 0.25) is 0 Å². The van der Waals surface area contributed by atoms with Crippen LogP contribution in [0.2, 0.25) is 5.02 Å². The average molecular weight is 451 g/mol. The zero-order valence-corrected chi connectivity index (χ0v) is 19.6. The Kier molecular flexibility index (Phi) is 5.55. The lowest BCUT2D eigenvalue weighted by atomic mass is 9.46. The highest BCUT2D eigenvalue weighted by Gasteiger charge is 2.53. The van der Waals surface area contributed by atoms with E-state index in [0.29, 0.717) is 16.9 Å². The fourth-order valence-electron chi connectivity index (χ4n) is 5.94. The van der Waals surface area contributed by atoms with Gasteiger partial charge >= 0.3 is 5.97 Å². The first-order chi connectivity index (χ1) is 15.3. The predicted molar refractivity (Wildman–Crippen MR) is 130 cm³/mol. The normalized spacial score (nSPS) is 24.9. The first-order valence-electron chi connectivity index (χ1n) is 11.6. The van der Waals surface area contributed by atoms with Crippen LogP contribution in [0.5, 0.6) is 0 Å². The molecule has 2 aromatic rings. The predicted octanol–water partition coefficient (Wildman–Crippen LogP) is 5.68. The van der Waals surface area contributed by atoms with Crippen LogP contribution in [-0.2, 0) is 0 Å². The Hall–Kier alpha value is -2.30. The number of nitrogens with zero attached hydrogens (tertiary/aromatic N) is 2. The Morgan fingerprint density at radius 2 is 1.69 bits per heavy atom. The summed E-state index contributed by atoms with van der Waals surface area (Å²) in [4.78, 5) is 16.0. The van der Waals surface area contributed by atoms with Crippen LogP contribution in [0.15, 0.2) is 54.1 Å². The lowest BCUT2D eigenvalue weighted by Gasteiger charge is -2.58. The van der Waals surface area contributed by atoms with E-state index in [1.54, 1.807) is 23.3 Å². The van der Waals surface area contributed by atoms with Gasteiger partial charge in [-0.15, -0.1) is 0 Å². The maximum atomic E-state index is 11.1. The number of hydrogen-bond acceptors (Lipinski definition) is 3. The van der Waals surface area contributed by atoms with Crippen LogP contribution in [0.4, 0.5) is 5.69 Å². The summed E-state index contributed by atoms with van der Waals surface area (Å²) < 4.78 is 0. The van der Waals surface area contributed by atoms with E-state index in [-0.39, 0.29) is 0 Å². The molecule has 1 N–H and O–H groups in total. The van der Waals surface area contributed by atoms with Gasteiger partial charge in [0.25, 0.3) is 0 Å². The zero-order valence-electron chi connectivity index (χ0n) is 18.9. The van der Waals surface area contributed by atoms with Crippen molar-refractivity contribution in [2.75, 3.05) is 37.6 Å². The second kappa shape index (κ2) is 8.24. The van der Waals surface area contributed by atoms with Crippen molar-refractivity contribution in [3.05, 3.63) is 70.3 Å². The molecule has 1 saturated heterocycles. The molecule has 2 fully saturated rings. The molecule has 2 bridgehead atoms. The average Bonchev–Trinajstić information content (AvgIpc) is 2.80. The van der Waals surface area contributed by atoms with Gasteiger partial charge in [-0.2, -0.15) is 0 Å². The fourth-order valence-corrected chi connectivity index (χ4v) is 6.07. The minimum absolute atomic E-state index is 0.341. The molecule has 0 spiro atoms. The maximum absolute atomic E-state index is 11.1. The Labute approximate surface area is 195 Å². The summed E-state index contributed by atoms with van der Waals surface area (Å²) in [5, 5.41) is 9.91. The summed E-state index contributed by atoms with van der Waals surface area (Å²) in [6.45, 7) is 9.91. The quantitative estimate of drug-likeness (QED) is 0.636. The Morgan fingerprint density at radius 1 is 1.03 bits per heavy atom. The van der Waals surface area contributed by atoms with E-state index in [0.717, 1.165) is 49.4 Å². The lowest BCUT2D eigenvalue weighted by Crippen LogP contribution is -2.51. The second-order valence-corrected chi connectivity index (χ2v) is 10.6. The van der Waals surface area contributed by atoms with E-state index < -0.39 is 5.97 Å². The fraction of sp³-hybridized carbons (Fsp3) is 0.444. The van der Waals surface area contributed by atoms with Crippen LogP contribution < -0.4 is 4.90 Å². The Morgan fingerprint density at radius 3 is 2.28 bits per heavy atom. The van der Waals surface area contributed by atoms with Crippen molar-refractivity contribution in [3.8, 4) is 0 Å². The molecule has 168 valence electrons. The number of carboxylic acid groups (broad SMARTS) is 1. The number of piperazine rings is 1. The lowest BCUT2D eigenvalue weighted by molar-refractivity contribution is 0.00556. The summed E-state index contributed by atoms with van der Waals surface area (Å²) in [6, 6.07) is 15.7. The number of rotatable bonds is 5. The van der Waals surface area contributed by atoms with Gasteiger partial charge in [-0.25, -0.2) is 4.79 Å². The van der Waals surface area contributed by atoms with Crippen molar-refractivity contribution >= 4 is 28.8 Å². The van der Waals surface area contributed by atoms with Gasteiger partial charge in [-0.3, -0.25) is 4.90 Å². The van der Waals surface area contributed by atoms with Crippen molar-refractivity contribution in [2.45, 2.75) is 26.7 Å². The third-order valence-electron chi connectivity index (χ3n) is 8.11. The number of carbonyl (C=O) groups is 1. The van der Waals surface area contributed by atoms with Crippen LogP contribution >= 0.6 is 11.6 Å². The molecule has 0 unspecified atom stereocenters. The molecule has 1 aliphatic heterocycles. The van der Waals surface area contributed by atoms with Gasteiger partial charge in [0, 0.05) is 43.4 Å².